The maximum atomic E-state index is 8.09. The molecule has 1 aliphatic carbocycles. The molecular formula is C36H26N4. The third-order valence-electron chi connectivity index (χ3n) is 7.29. The lowest BCUT2D eigenvalue weighted by Crippen LogP contribution is -2.11. The van der Waals surface area contributed by atoms with E-state index in [4.69, 9.17) is 5.41 Å². The minimum atomic E-state index is 0.386. The van der Waals surface area contributed by atoms with Crippen LogP contribution < -0.4 is 5.43 Å². The number of nitrogens with one attached hydrogen (secondary N) is 2. The smallest absolute Gasteiger partial charge is 0.108 e. The van der Waals surface area contributed by atoms with Crippen LogP contribution in [0.4, 0.5) is 5.69 Å². The van der Waals surface area contributed by atoms with Crippen LogP contribution in [0, 0.1) is 5.41 Å². The number of anilines is 1. The molecule has 0 radical (unpaired) electrons. The van der Waals surface area contributed by atoms with Gasteiger partial charge in [0.15, 0.2) is 0 Å². The molecule has 4 nitrogen and oxygen atoms in total. The van der Waals surface area contributed by atoms with E-state index in [1.54, 1.807) is 6.08 Å². The number of nitrogens with zero attached hydrogens (tertiary/aromatic N) is 2. The largest absolute Gasteiger partial charge is 0.309 e. The summed E-state index contributed by atoms with van der Waals surface area (Å²) in [7, 11) is 0. The molecular weight excluding hydrogens is 488 g/mol. The van der Waals surface area contributed by atoms with Crippen LogP contribution in [0.3, 0.4) is 0 Å². The summed E-state index contributed by atoms with van der Waals surface area (Å²) in [6.45, 7) is 0. The third-order valence-corrected chi connectivity index (χ3v) is 7.29. The third kappa shape index (κ3) is 4.32. The van der Waals surface area contributed by atoms with E-state index < -0.39 is 0 Å². The number of hydrogen-bond acceptors (Lipinski definition) is 3. The normalized spacial score (nSPS) is 13.9. The van der Waals surface area contributed by atoms with Crippen LogP contribution in [-0.4, -0.2) is 16.0 Å². The summed E-state index contributed by atoms with van der Waals surface area (Å²) in [5, 5.41) is 15.0. The maximum Gasteiger partial charge on any atom is 0.108 e. The number of aromatic nitrogens is 1. The highest BCUT2D eigenvalue weighted by Gasteiger charge is 2.15. The van der Waals surface area contributed by atoms with Crippen LogP contribution in [0.2, 0.25) is 0 Å². The molecule has 2 N–H and O–H groups in total. The van der Waals surface area contributed by atoms with Crippen LogP contribution in [0.25, 0.3) is 49.7 Å². The molecule has 1 aromatic heterocycles. The number of hydrogen-bond donors (Lipinski definition) is 2. The predicted molar refractivity (Wildman–Crippen MR) is 169 cm³/mol. The zero-order chi connectivity index (χ0) is 26.9. The SMILES string of the molecule is N=C1C=CC=C/C1=N/Nc1cccc(-n2c3ccc(-c4ccccc4)cc3c3cc(-c4ccccc4)ccc32)c1. The van der Waals surface area contributed by atoms with Gasteiger partial charge in [0.2, 0.25) is 0 Å². The molecule has 0 spiro atoms. The fraction of sp³-hybridized carbons (Fsp3) is 0. The lowest BCUT2D eigenvalue weighted by molar-refractivity contribution is 1.18. The Morgan fingerprint density at radius 2 is 1.15 bits per heavy atom. The molecule has 7 rings (SSSR count). The minimum absolute atomic E-state index is 0.386. The molecule has 1 heterocycles. The summed E-state index contributed by atoms with van der Waals surface area (Å²) in [6.07, 6.45) is 7.31. The average molecular weight is 515 g/mol. The van der Waals surface area contributed by atoms with Crippen LogP contribution in [0.5, 0.6) is 0 Å². The van der Waals surface area contributed by atoms with E-state index in [2.05, 4.69) is 124 Å². The van der Waals surface area contributed by atoms with E-state index in [9.17, 15) is 0 Å². The second kappa shape index (κ2) is 10.0. The fourth-order valence-corrected chi connectivity index (χ4v) is 5.33. The number of rotatable bonds is 5. The van der Waals surface area contributed by atoms with Crippen molar-refractivity contribution in [2.75, 3.05) is 5.43 Å². The van der Waals surface area contributed by atoms with Crippen molar-refractivity contribution < 1.29 is 0 Å². The lowest BCUT2D eigenvalue weighted by atomic mass is 10.0. The predicted octanol–water partition coefficient (Wildman–Crippen LogP) is 9.03. The Bertz CT molecular complexity index is 1880. The Labute approximate surface area is 232 Å². The molecule has 40 heavy (non-hydrogen) atoms. The Balaban J connectivity index is 1.39. The van der Waals surface area contributed by atoms with Crippen molar-refractivity contribution in [1.29, 1.82) is 5.41 Å². The van der Waals surface area contributed by atoms with Crippen molar-refractivity contribution in [3.05, 3.63) is 146 Å². The highest BCUT2D eigenvalue weighted by molar-refractivity contribution is 6.50. The Morgan fingerprint density at radius 1 is 0.550 bits per heavy atom. The van der Waals surface area contributed by atoms with Crippen molar-refractivity contribution in [2.24, 2.45) is 5.10 Å². The van der Waals surface area contributed by atoms with Gasteiger partial charge in [0.05, 0.1) is 22.4 Å². The summed E-state index contributed by atoms with van der Waals surface area (Å²) in [5.74, 6) is 0. The molecule has 0 bridgehead atoms. The van der Waals surface area contributed by atoms with Crippen molar-refractivity contribution in [3.63, 3.8) is 0 Å². The second-order valence-corrected chi connectivity index (χ2v) is 9.82. The molecule has 0 fully saturated rings. The summed E-state index contributed by atoms with van der Waals surface area (Å²) in [6, 6.07) is 42.8. The number of hydrazone groups is 1. The van der Waals surface area contributed by atoms with Gasteiger partial charge >= 0.3 is 0 Å². The topological polar surface area (TPSA) is 53.2 Å². The van der Waals surface area contributed by atoms with Gasteiger partial charge in [-0.1, -0.05) is 91.0 Å². The summed E-state index contributed by atoms with van der Waals surface area (Å²) in [5.41, 5.74) is 13.1. The first-order valence-corrected chi connectivity index (χ1v) is 13.3. The first-order chi connectivity index (χ1) is 19.7. The zero-order valence-corrected chi connectivity index (χ0v) is 21.8. The zero-order valence-electron chi connectivity index (χ0n) is 21.8. The number of allylic oxidation sites excluding steroid dienone is 4. The van der Waals surface area contributed by atoms with Gasteiger partial charge in [-0.3, -0.25) is 10.8 Å². The Hall–Kier alpha value is -5.48. The van der Waals surface area contributed by atoms with Crippen molar-refractivity contribution in [2.45, 2.75) is 0 Å². The van der Waals surface area contributed by atoms with E-state index in [1.807, 2.05) is 30.4 Å². The molecule has 0 saturated heterocycles. The maximum absolute atomic E-state index is 8.09. The van der Waals surface area contributed by atoms with Crippen LogP contribution in [-0.2, 0) is 0 Å². The number of fused-ring (bicyclic) bond motifs is 3. The van der Waals surface area contributed by atoms with Gasteiger partial charge in [0, 0.05) is 16.5 Å². The molecule has 0 saturated carbocycles. The summed E-state index contributed by atoms with van der Waals surface area (Å²) in [4.78, 5) is 0. The molecule has 0 aliphatic heterocycles. The van der Waals surface area contributed by atoms with Crippen LogP contribution >= 0.6 is 0 Å². The van der Waals surface area contributed by atoms with Gasteiger partial charge in [-0.05, 0) is 76.9 Å². The van der Waals surface area contributed by atoms with E-state index in [1.165, 1.54) is 33.0 Å². The van der Waals surface area contributed by atoms with Gasteiger partial charge in [0.1, 0.15) is 5.71 Å². The molecule has 190 valence electrons. The van der Waals surface area contributed by atoms with Crippen LogP contribution in [0.15, 0.2) is 151 Å². The molecule has 0 unspecified atom stereocenters. The van der Waals surface area contributed by atoms with Crippen molar-refractivity contribution in [1.82, 2.24) is 4.57 Å². The van der Waals surface area contributed by atoms with Crippen molar-refractivity contribution in [3.8, 4) is 27.9 Å². The molecule has 5 aromatic carbocycles. The van der Waals surface area contributed by atoms with E-state index in [-0.39, 0.29) is 0 Å². The van der Waals surface area contributed by atoms with Gasteiger partial charge in [0.25, 0.3) is 0 Å². The number of benzene rings is 5. The van der Waals surface area contributed by atoms with Gasteiger partial charge < -0.3 is 4.57 Å². The molecule has 4 heteroatoms. The second-order valence-electron chi connectivity index (χ2n) is 9.82. The van der Waals surface area contributed by atoms with Gasteiger partial charge in [-0.25, -0.2) is 0 Å². The highest BCUT2D eigenvalue weighted by atomic mass is 15.3. The standard InChI is InChI=1S/C36H26N4/c37-33-16-7-8-17-34(33)39-38-29-14-9-15-30(24-29)40-35-20-18-27(25-10-3-1-4-11-25)22-31(35)32-23-28(19-21-36(32)40)26-12-5-2-6-13-26/h1-24,37-38H/b37-33?,39-34-. The first-order valence-electron chi connectivity index (χ1n) is 13.3. The quantitative estimate of drug-likeness (QED) is 0.175. The van der Waals surface area contributed by atoms with E-state index in [0.717, 1.165) is 22.4 Å². The Kier molecular flexibility index (Phi) is 5.91. The highest BCUT2D eigenvalue weighted by Crippen LogP contribution is 2.37. The Morgan fingerprint density at radius 3 is 1.75 bits per heavy atom. The van der Waals surface area contributed by atoms with Gasteiger partial charge in [-0.15, -0.1) is 0 Å². The minimum Gasteiger partial charge on any atom is -0.309 e. The first kappa shape index (κ1) is 23.6. The average Bonchev–Trinajstić information content (AvgIpc) is 3.35. The molecule has 6 aromatic rings. The monoisotopic (exact) mass is 514 g/mol. The van der Waals surface area contributed by atoms with E-state index >= 15 is 0 Å². The van der Waals surface area contributed by atoms with Crippen molar-refractivity contribution >= 4 is 38.9 Å². The van der Waals surface area contributed by atoms with E-state index in [0.29, 0.717) is 11.4 Å². The van der Waals surface area contributed by atoms with Crippen LogP contribution in [0.1, 0.15) is 0 Å². The fourth-order valence-electron chi connectivity index (χ4n) is 5.33. The molecule has 1 aliphatic rings. The van der Waals surface area contributed by atoms with Gasteiger partial charge in [-0.2, -0.15) is 5.10 Å². The summed E-state index contributed by atoms with van der Waals surface area (Å²) >= 11 is 0. The molecule has 0 amide bonds. The lowest BCUT2D eigenvalue weighted by Gasteiger charge is -2.11. The molecule has 0 atom stereocenters. The summed E-state index contributed by atoms with van der Waals surface area (Å²) < 4.78 is 2.32.